The number of rotatable bonds is 4. The summed E-state index contributed by atoms with van der Waals surface area (Å²) in [6.45, 7) is 4.28. The third kappa shape index (κ3) is 2.52. The zero-order valence-electron chi connectivity index (χ0n) is 8.75. The number of hydrogen-bond acceptors (Lipinski definition) is 4. The third-order valence-electron chi connectivity index (χ3n) is 2.30. The average molecular weight is 194 g/mol. The third-order valence-corrected chi connectivity index (χ3v) is 2.30. The summed E-state index contributed by atoms with van der Waals surface area (Å²) in [6, 6.07) is 4.07. The van der Waals surface area contributed by atoms with Gasteiger partial charge in [-0.1, -0.05) is 13.8 Å². The summed E-state index contributed by atoms with van der Waals surface area (Å²) in [4.78, 5) is 4.15. The van der Waals surface area contributed by atoms with E-state index in [1.807, 2.05) is 6.07 Å². The minimum atomic E-state index is 0.390. The summed E-state index contributed by atoms with van der Waals surface area (Å²) < 4.78 is 0. The number of pyridine rings is 1. The Hall–Kier alpha value is -1.45. The maximum Gasteiger partial charge on any atom is 0.149 e. The van der Waals surface area contributed by atoms with Crippen molar-refractivity contribution in [3.05, 3.63) is 12.1 Å². The van der Waals surface area contributed by atoms with Gasteiger partial charge in [0.25, 0.3) is 0 Å². The molecule has 0 aliphatic carbocycles. The number of nitrogens with two attached hydrogens (primary N) is 2. The molecular weight excluding hydrogens is 176 g/mol. The van der Waals surface area contributed by atoms with Crippen molar-refractivity contribution < 1.29 is 0 Å². The Morgan fingerprint density at radius 3 is 2.43 bits per heavy atom. The van der Waals surface area contributed by atoms with Crippen molar-refractivity contribution in [2.75, 3.05) is 16.8 Å². The van der Waals surface area contributed by atoms with Gasteiger partial charge in [0.2, 0.25) is 0 Å². The molecule has 5 N–H and O–H groups in total. The van der Waals surface area contributed by atoms with E-state index in [9.17, 15) is 0 Å². The molecule has 1 aromatic heterocycles. The molecule has 0 aliphatic rings. The first-order valence-corrected chi connectivity index (χ1v) is 4.95. The van der Waals surface area contributed by atoms with E-state index in [4.69, 9.17) is 11.5 Å². The van der Waals surface area contributed by atoms with Gasteiger partial charge >= 0.3 is 0 Å². The lowest BCUT2D eigenvalue weighted by atomic mass is 10.2. The highest BCUT2D eigenvalue weighted by atomic mass is 15.0. The summed E-state index contributed by atoms with van der Waals surface area (Å²) in [7, 11) is 0. The van der Waals surface area contributed by atoms with Crippen LogP contribution in [-0.2, 0) is 0 Å². The molecule has 0 amide bonds. The fraction of sp³-hybridized carbons (Fsp3) is 0.500. The van der Waals surface area contributed by atoms with Crippen LogP contribution in [0.25, 0.3) is 0 Å². The molecule has 0 saturated heterocycles. The van der Waals surface area contributed by atoms with Crippen LogP contribution in [0.3, 0.4) is 0 Å². The zero-order valence-corrected chi connectivity index (χ0v) is 8.75. The molecule has 78 valence electrons. The van der Waals surface area contributed by atoms with Crippen molar-refractivity contribution in [2.45, 2.75) is 32.7 Å². The SMILES string of the molecule is CCC(CC)Nc1ccc(N)c(N)n1. The minimum Gasteiger partial charge on any atom is -0.396 e. The second-order valence-electron chi connectivity index (χ2n) is 3.33. The summed E-state index contributed by atoms with van der Waals surface area (Å²) >= 11 is 0. The molecule has 1 aromatic rings. The fourth-order valence-electron chi connectivity index (χ4n) is 1.27. The second kappa shape index (κ2) is 4.69. The summed E-state index contributed by atoms with van der Waals surface area (Å²) in [5.41, 5.74) is 11.7. The lowest BCUT2D eigenvalue weighted by Crippen LogP contribution is -2.18. The van der Waals surface area contributed by atoms with Crippen molar-refractivity contribution >= 4 is 17.3 Å². The van der Waals surface area contributed by atoms with Gasteiger partial charge in [-0.05, 0) is 25.0 Å². The molecule has 0 fully saturated rings. The second-order valence-corrected chi connectivity index (χ2v) is 3.33. The first-order valence-electron chi connectivity index (χ1n) is 4.95. The monoisotopic (exact) mass is 194 g/mol. The molecule has 14 heavy (non-hydrogen) atoms. The van der Waals surface area contributed by atoms with E-state index in [-0.39, 0.29) is 0 Å². The molecule has 0 bridgehead atoms. The van der Waals surface area contributed by atoms with E-state index in [0.717, 1.165) is 18.7 Å². The van der Waals surface area contributed by atoms with E-state index in [0.29, 0.717) is 17.5 Å². The van der Waals surface area contributed by atoms with Gasteiger partial charge in [0.15, 0.2) is 0 Å². The first-order chi connectivity index (χ1) is 6.67. The van der Waals surface area contributed by atoms with Crippen LogP contribution in [0.15, 0.2) is 12.1 Å². The van der Waals surface area contributed by atoms with Gasteiger partial charge < -0.3 is 16.8 Å². The summed E-state index contributed by atoms with van der Waals surface area (Å²) in [5.74, 6) is 1.19. The standard InChI is InChI=1S/C10H18N4/c1-3-7(4-2)13-9-6-5-8(11)10(12)14-9/h5-7H,3-4,11H2,1-2H3,(H3,12,13,14). The van der Waals surface area contributed by atoms with Crippen LogP contribution in [0.2, 0.25) is 0 Å². The largest absolute Gasteiger partial charge is 0.396 e. The van der Waals surface area contributed by atoms with E-state index in [1.54, 1.807) is 6.07 Å². The zero-order chi connectivity index (χ0) is 10.6. The van der Waals surface area contributed by atoms with Crippen LogP contribution in [0.5, 0.6) is 0 Å². The Morgan fingerprint density at radius 2 is 1.93 bits per heavy atom. The maximum atomic E-state index is 5.60. The maximum absolute atomic E-state index is 5.60. The van der Waals surface area contributed by atoms with Gasteiger partial charge in [0, 0.05) is 6.04 Å². The molecule has 0 saturated carbocycles. The van der Waals surface area contributed by atoms with Crippen LogP contribution in [-0.4, -0.2) is 11.0 Å². The number of aromatic nitrogens is 1. The van der Waals surface area contributed by atoms with Crippen LogP contribution >= 0.6 is 0 Å². The topological polar surface area (TPSA) is 77.0 Å². The molecule has 0 aliphatic heterocycles. The van der Waals surface area contributed by atoms with Gasteiger partial charge in [-0.25, -0.2) is 4.98 Å². The Labute approximate surface area is 84.7 Å². The first kappa shape index (κ1) is 10.6. The number of hydrogen-bond donors (Lipinski definition) is 3. The van der Waals surface area contributed by atoms with E-state index in [1.165, 1.54) is 0 Å². The lowest BCUT2D eigenvalue weighted by Gasteiger charge is -2.15. The highest BCUT2D eigenvalue weighted by Gasteiger charge is 2.04. The highest BCUT2D eigenvalue weighted by Crippen LogP contribution is 2.16. The summed E-state index contributed by atoms with van der Waals surface area (Å²) in [5, 5.41) is 3.30. The Morgan fingerprint density at radius 1 is 1.29 bits per heavy atom. The minimum absolute atomic E-state index is 0.390. The van der Waals surface area contributed by atoms with Crippen molar-refractivity contribution in [2.24, 2.45) is 0 Å². The molecule has 0 aromatic carbocycles. The Balaban J connectivity index is 2.72. The number of nitrogen functional groups attached to an aromatic ring is 2. The molecular formula is C10H18N4. The Kier molecular flexibility index (Phi) is 3.56. The fourth-order valence-corrected chi connectivity index (χ4v) is 1.27. The van der Waals surface area contributed by atoms with Crippen LogP contribution < -0.4 is 16.8 Å². The van der Waals surface area contributed by atoms with Gasteiger partial charge in [-0.2, -0.15) is 0 Å². The van der Waals surface area contributed by atoms with Crippen molar-refractivity contribution in [1.29, 1.82) is 0 Å². The predicted octanol–water partition coefficient (Wildman–Crippen LogP) is 1.85. The molecule has 0 atom stereocenters. The quantitative estimate of drug-likeness (QED) is 0.683. The molecule has 1 heterocycles. The molecule has 1 rings (SSSR count). The molecule has 4 heteroatoms. The average Bonchev–Trinajstić information content (AvgIpc) is 2.19. The molecule has 0 unspecified atom stereocenters. The van der Waals surface area contributed by atoms with Crippen LogP contribution in [0.1, 0.15) is 26.7 Å². The molecule has 0 spiro atoms. The Bertz CT molecular complexity index is 294. The van der Waals surface area contributed by atoms with Crippen LogP contribution in [0, 0.1) is 0 Å². The molecule has 0 radical (unpaired) electrons. The van der Waals surface area contributed by atoms with Gasteiger partial charge in [-0.15, -0.1) is 0 Å². The van der Waals surface area contributed by atoms with E-state index >= 15 is 0 Å². The van der Waals surface area contributed by atoms with Gasteiger partial charge in [0.1, 0.15) is 11.6 Å². The predicted molar refractivity (Wildman–Crippen MR) is 61.1 cm³/mol. The van der Waals surface area contributed by atoms with Crippen molar-refractivity contribution in [3.63, 3.8) is 0 Å². The van der Waals surface area contributed by atoms with Gasteiger partial charge in [-0.3, -0.25) is 0 Å². The van der Waals surface area contributed by atoms with Crippen molar-refractivity contribution in [3.8, 4) is 0 Å². The summed E-state index contributed by atoms with van der Waals surface area (Å²) in [6.07, 6.45) is 2.14. The van der Waals surface area contributed by atoms with E-state index < -0.39 is 0 Å². The number of nitrogens with zero attached hydrogens (tertiary/aromatic N) is 1. The van der Waals surface area contributed by atoms with E-state index in [2.05, 4.69) is 24.1 Å². The number of nitrogens with one attached hydrogen (secondary N) is 1. The smallest absolute Gasteiger partial charge is 0.149 e. The van der Waals surface area contributed by atoms with Crippen molar-refractivity contribution in [1.82, 2.24) is 4.98 Å². The van der Waals surface area contributed by atoms with Crippen LogP contribution in [0.4, 0.5) is 17.3 Å². The highest BCUT2D eigenvalue weighted by molar-refractivity contribution is 5.61. The normalized spacial score (nSPS) is 10.5. The number of anilines is 3. The van der Waals surface area contributed by atoms with Gasteiger partial charge in [0.05, 0.1) is 5.69 Å². The molecule has 4 nitrogen and oxygen atoms in total. The lowest BCUT2D eigenvalue weighted by molar-refractivity contribution is 0.669.